The molecule has 0 aliphatic heterocycles. The maximum Gasteiger partial charge on any atom is 0.137 e. The van der Waals surface area contributed by atoms with Crippen molar-refractivity contribution >= 4 is 0 Å². The molecule has 0 unspecified atom stereocenters. The molecule has 1 heterocycles. The number of benzene rings is 2. The molecular formula is C19H22N4O. The Balaban J connectivity index is 1.73. The molecule has 0 radical (unpaired) electrons. The number of hydrogen-bond acceptors (Lipinski definition) is 4. The number of rotatable bonds is 7. The molecule has 0 fully saturated rings. The lowest BCUT2D eigenvalue weighted by atomic mass is 10.1. The number of ether oxygens (including phenoxy) is 1. The predicted molar refractivity (Wildman–Crippen MR) is 93.8 cm³/mol. The lowest BCUT2D eigenvalue weighted by Crippen LogP contribution is -2.25. The van der Waals surface area contributed by atoms with Gasteiger partial charge in [0.05, 0.1) is 19.7 Å². The Morgan fingerprint density at radius 3 is 2.67 bits per heavy atom. The highest BCUT2D eigenvalue weighted by Gasteiger charge is 2.12. The molecule has 0 saturated carbocycles. The number of methoxy groups -OCH3 is 1. The van der Waals surface area contributed by atoms with E-state index in [9.17, 15) is 0 Å². The molecule has 3 rings (SSSR count). The summed E-state index contributed by atoms with van der Waals surface area (Å²) in [5.74, 6) is 0.918. The van der Waals surface area contributed by atoms with Crippen LogP contribution >= 0.6 is 0 Å². The van der Waals surface area contributed by atoms with Gasteiger partial charge >= 0.3 is 0 Å². The Labute approximate surface area is 142 Å². The molecular weight excluding hydrogens is 300 g/mol. The molecule has 0 saturated heterocycles. The zero-order valence-electron chi connectivity index (χ0n) is 14.0. The number of nitrogens with zero attached hydrogens (tertiary/aromatic N) is 3. The van der Waals surface area contributed by atoms with Gasteiger partial charge in [-0.15, -0.1) is 0 Å². The van der Waals surface area contributed by atoms with Crippen molar-refractivity contribution in [1.82, 2.24) is 20.1 Å². The van der Waals surface area contributed by atoms with E-state index in [1.807, 2.05) is 16.8 Å². The minimum Gasteiger partial charge on any atom is -0.496 e. The van der Waals surface area contributed by atoms with Crippen LogP contribution in [0.5, 0.6) is 5.75 Å². The van der Waals surface area contributed by atoms with Gasteiger partial charge in [0.1, 0.15) is 18.4 Å². The van der Waals surface area contributed by atoms with Gasteiger partial charge in [0.25, 0.3) is 0 Å². The fraction of sp³-hybridized carbons (Fsp3) is 0.263. The fourth-order valence-corrected chi connectivity index (χ4v) is 2.78. The summed E-state index contributed by atoms with van der Waals surface area (Å²) in [6.45, 7) is 3.57. The third kappa shape index (κ3) is 4.00. The van der Waals surface area contributed by atoms with E-state index < -0.39 is 0 Å². The van der Waals surface area contributed by atoms with Gasteiger partial charge in [0.15, 0.2) is 0 Å². The first kappa shape index (κ1) is 16.2. The zero-order valence-corrected chi connectivity index (χ0v) is 14.0. The molecule has 0 amide bonds. The van der Waals surface area contributed by atoms with Crippen LogP contribution in [0.15, 0.2) is 61.2 Å². The van der Waals surface area contributed by atoms with Gasteiger partial charge in [-0.05, 0) is 29.7 Å². The molecule has 1 N–H and O–H groups in total. The van der Waals surface area contributed by atoms with E-state index in [2.05, 4.69) is 58.7 Å². The van der Waals surface area contributed by atoms with Crippen molar-refractivity contribution < 1.29 is 4.74 Å². The summed E-state index contributed by atoms with van der Waals surface area (Å²) >= 11 is 0. The molecule has 5 heteroatoms. The third-order valence-corrected chi connectivity index (χ3v) is 4.05. The second-order valence-corrected chi connectivity index (χ2v) is 5.77. The van der Waals surface area contributed by atoms with Crippen LogP contribution in [-0.2, 0) is 13.1 Å². The SMILES string of the molecule is COc1ccc(CN[C@@H](Cn2cncn2)c2ccccc2)cc1C. The highest BCUT2D eigenvalue weighted by molar-refractivity contribution is 5.36. The van der Waals surface area contributed by atoms with Gasteiger partial charge in [-0.1, -0.05) is 42.5 Å². The predicted octanol–water partition coefficient (Wildman–Crippen LogP) is 3.13. The average Bonchev–Trinajstić information content (AvgIpc) is 3.12. The molecule has 24 heavy (non-hydrogen) atoms. The average molecular weight is 322 g/mol. The molecule has 0 bridgehead atoms. The summed E-state index contributed by atoms with van der Waals surface area (Å²) in [6, 6.07) is 16.8. The van der Waals surface area contributed by atoms with E-state index in [4.69, 9.17) is 4.74 Å². The highest BCUT2D eigenvalue weighted by Crippen LogP contribution is 2.20. The van der Waals surface area contributed by atoms with Gasteiger partial charge in [0.2, 0.25) is 0 Å². The first-order chi connectivity index (χ1) is 11.8. The number of aryl methyl sites for hydroxylation is 1. The lowest BCUT2D eigenvalue weighted by molar-refractivity contribution is 0.411. The quantitative estimate of drug-likeness (QED) is 0.726. The molecule has 0 aliphatic carbocycles. The first-order valence-corrected chi connectivity index (χ1v) is 8.00. The van der Waals surface area contributed by atoms with Crippen molar-refractivity contribution in [2.24, 2.45) is 0 Å². The van der Waals surface area contributed by atoms with Crippen molar-refractivity contribution in [2.45, 2.75) is 26.1 Å². The van der Waals surface area contributed by atoms with Crippen LogP contribution in [0, 0.1) is 6.92 Å². The van der Waals surface area contributed by atoms with E-state index in [0.717, 1.165) is 24.4 Å². The monoisotopic (exact) mass is 322 g/mol. The standard InChI is InChI=1S/C19H22N4O/c1-15-10-16(8-9-19(15)24-2)11-21-18(12-23-14-20-13-22-23)17-6-4-3-5-7-17/h3-10,13-14,18,21H,11-12H2,1-2H3/t18-/m0/s1. The minimum absolute atomic E-state index is 0.162. The van der Waals surface area contributed by atoms with Crippen molar-refractivity contribution in [3.63, 3.8) is 0 Å². The van der Waals surface area contributed by atoms with Crippen molar-refractivity contribution in [1.29, 1.82) is 0 Å². The Hall–Kier alpha value is -2.66. The van der Waals surface area contributed by atoms with Crippen molar-refractivity contribution in [3.05, 3.63) is 77.9 Å². The Morgan fingerprint density at radius 2 is 2.00 bits per heavy atom. The molecule has 3 aromatic rings. The molecule has 5 nitrogen and oxygen atoms in total. The highest BCUT2D eigenvalue weighted by atomic mass is 16.5. The van der Waals surface area contributed by atoms with E-state index in [1.54, 1.807) is 19.8 Å². The summed E-state index contributed by atoms with van der Waals surface area (Å²) in [7, 11) is 1.70. The largest absolute Gasteiger partial charge is 0.496 e. The fourth-order valence-electron chi connectivity index (χ4n) is 2.78. The normalized spacial score (nSPS) is 12.1. The van der Waals surface area contributed by atoms with Crippen LogP contribution in [0.1, 0.15) is 22.7 Å². The summed E-state index contributed by atoms with van der Waals surface area (Å²) in [6.07, 6.45) is 3.31. The Bertz CT molecular complexity index is 756. The van der Waals surface area contributed by atoms with Crippen LogP contribution < -0.4 is 10.1 Å². The molecule has 1 aromatic heterocycles. The van der Waals surface area contributed by atoms with Gasteiger partial charge < -0.3 is 10.1 Å². The lowest BCUT2D eigenvalue weighted by Gasteiger charge is -2.19. The summed E-state index contributed by atoms with van der Waals surface area (Å²) in [4.78, 5) is 4.03. The number of hydrogen-bond donors (Lipinski definition) is 1. The topological polar surface area (TPSA) is 52.0 Å². The van der Waals surface area contributed by atoms with Crippen LogP contribution in [0.2, 0.25) is 0 Å². The summed E-state index contributed by atoms with van der Waals surface area (Å²) < 4.78 is 7.18. The third-order valence-electron chi connectivity index (χ3n) is 4.05. The smallest absolute Gasteiger partial charge is 0.137 e. The van der Waals surface area contributed by atoms with Crippen LogP contribution in [-0.4, -0.2) is 21.9 Å². The van der Waals surface area contributed by atoms with Gasteiger partial charge in [0, 0.05) is 6.54 Å². The maximum absolute atomic E-state index is 5.33. The molecule has 2 aromatic carbocycles. The van der Waals surface area contributed by atoms with E-state index in [-0.39, 0.29) is 6.04 Å². The van der Waals surface area contributed by atoms with Gasteiger partial charge in [-0.3, -0.25) is 4.68 Å². The summed E-state index contributed by atoms with van der Waals surface area (Å²) in [5.41, 5.74) is 3.61. The van der Waals surface area contributed by atoms with Crippen LogP contribution in [0.4, 0.5) is 0 Å². The van der Waals surface area contributed by atoms with Crippen LogP contribution in [0.25, 0.3) is 0 Å². The molecule has 0 aliphatic rings. The Morgan fingerprint density at radius 1 is 1.17 bits per heavy atom. The number of aromatic nitrogens is 3. The second kappa shape index (κ2) is 7.75. The molecule has 1 atom stereocenters. The minimum atomic E-state index is 0.162. The van der Waals surface area contributed by atoms with Crippen molar-refractivity contribution in [2.75, 3.05) is 7.11 Å². The number of nitrogens with one attached hydrogen (secondary N) is 1. The molecule has 0 spiro atoms. The van der Waals surface area contributed by atoms with E-state index in [1.165, 1.54) is 11.1 Å². The zero-order chi connectivity index (χ0) is 16.8. The van der Waals surface area contributed by atoms with E-state index >= 15 is 0 Å². The maximum atomic E-state index is 5.33. The van der Waals surface area contributed by atoms with E-state index in [0.29, 0.717) is 0 Å². The first-order valence-electron chi connectivity index (χ1n) is 8.00. The van der Waals surface area contributed by atoms with Gasteiger partial charge in [-0.25, -0.2) is 4.98 Å². The second-order valence-electron chi connectivity index (χ2n) is 5.77. The molecule has 124 valence electrons. The van der Waals surface area contributed by atoms with Crippen molar-refractivity contribution in [3.8, 4) is 5.75 Å². The van der Waals surface area contributed by atoms with Crippen LogP contribution in [0.3, 0.4) is 0 Å². The van der Waals surface area contributed by atoms with Gasteiger partial charge in [-0.2, -0.15) is 5.10 Å². The Kier molecular flexibility index (Phi) is 5.23. The summed E-state index contributed by atoms with van der Waals surface area (Å²) in [5, 5.41) is 7.85.